The average Bonchev–Trinajstić information content (AvgIpc) is 2.98. The van der Waals surface area contributed by atoms with Crippen LogP contribution in [0.1, 0.15) is 11.4 Å². The van der Waals surface area contributed by atoms with Crippen LogP contribution in [0, 0.1) is 0 Å². The number of para-hydroxylation sites is 1. The minimum absolute atomic E-state index is 0.379. The van der Waals surface area contributed by atoms with Gasteiger partial charge >= 0.3 is 18.2 Å². The highest BCUT2D eigenvalue weighted by molar-refractivity contribution is 5.73. The van der Waals surface area contributed by atoms with Gasteiger partial charge in [-0.1, -0.05) is 18.2 Å². The Morgan fingerprint density at radius 3 is 2.24 bits per heavy atom. The van der Waals surface area contributed by atoms with Crippen LogP contribution >= 0.6 is 0 Å². The molecule has 1 aliphatic rings. The molecule has 0 radical (unpaired) electrons. The standard InChI is InChI=1S/C13H13N3O2.C2HF3O2/c17-13(18)15-7-6-12-11(8-15)14-9-16(12)10-4-2-1-3-5-10;3-2(4,5)1(6)7/h1-5,9H,6-8H2,(H,17,18);(H,6,7). The maximum atomic E-state index is 10.9. The lowest BCUT2D eigenvalue weighted by Crippen LogP contribution is -2.35. The molecule has 1 aromatic heterocycles. The normalized spacial score (nSPS) is 13.5. The number of carboxylic acids is 1. The van der Waals surface area contributed by atoms with Crippen molar-refractivity contribution in [3.05, 3.63) is 48.0 Å². The fourth-order valence-corrected chi connectivity index (χ4v) is 2.28. The lowest BCUT2D eigenvalue weighted by Gasteiger charge is -2.24. The van der Waals surface area contributed by atoms with Crippen LogP contribution in [0.4, 0.5) is 18.0 Å². The number of imidazole rings is 1. The SMILES string of the molecule is O=C(O)C(F)(F)F.O=C(O)N1CCc2c(ncn2-c2ccccc2)C1. The van der Waals surface area contributed by atoms with Crippen molar-refractivity contribution in [3.8, 4) is 5.69 Å². The third-order valence-electron chi connectivity index (χ3n) is 3.46. The Labute approximate surface area is 139 Å². The number of alkyl halides is 3. The number of aromatic nitrogens is 2. The monoisotopic (exact) mass is 357 g/mol. The summed E-state index contributed by atoms with van der Waals surface area (Å²) in [4.78, 5) is 25.5. The highest BCUT2D eigenvalue weighted by atomic mass is 19.4. The van der Waals surface area contributed by atoms with Crippen molar-refractivity contribution < 1.29 is 33.0 Å². The van der Waals surface area contributed by atoms with Crippen molar-refractivity contribution in [2.24, 2.45) is 0 Å². The van der Waals surface area contributed by atoms with Gasteiger partial charge in [0.05, 0.1) is 18.6 Å². The third kappa shape index (κ3) is 4.49. The second-order valence-electron chi connectivity index (χ2n) is 5.10. The Morgan fingerprint density at radius 1 is 1.12 bits per heavy atom. The Hall–Kier alpha value is -3.04. The predicted octanol–water partition coefficient (Wildman–Crippen LogP) is 2.54. The molecule has 1 aliphatic heterocycles. The molecule has 1 amide bonds. The van der Waals surface area contributed by atoms with E-state index < -0.39 is 18.2 Å². The summed E-state index contributed by atoms with van der Waals surface area (Å²) in [5.74, 6) is -2.76. The van der Waals surface area contributed by atoms with Gasteiger partial charge in [-0.05, 0) is 12.1 Å². The first kappa shape index (κ1) is 18.3. The van der Waals surface area contributed by atoms with E-state index in [-0.39, 0.29) is 0 Å². The van der Waals surface area contributed by atoms with Crippen LogP contribution in [0.25, 0.3) is 5.69 Å². The first-order valence-electron chi connectivity index (χ1n) is 7.08. The fraction of sp³-hybridized carbons (Fsp3) is 0.267. The molecule has 2 aromatic rings. The summed E-state index contributed by atoms with van der Waals surface area (Å²) in [6.45, 7) is 0.908. The number of nitrogens with zero attached hydrogens (tertiary/aromatic N) is 3. The molecule has 3 rings (SSSR count). The van der Waals surface area contributed by atoms with Gasteiger partial charge in [0.15, 0.2) is 0 Å². The van der Waals surface area contributed by atoms with Crippen molar-refractivity contribution in [1.29, 1.82) is 0 Å². The number of rotatable bonds is 1. The highest BCUT2D eigenvalue weighted by Gasteiger charge is 2.38. The summed E-state index contributed by atoms with van der Waals surface area (Å²) < 4.78 is 33.8. The van der Waals surface area contributed by atoms with Gasteiger partial charge in [0.25, 0.3) is 0 Å². The van der Waals surface area contributed by atoms with Crippen molar-refractivity contribution in [3.63, 3.8) is 0 Å². The summed E-state index contributed by atoms with van der Waals surface area (Å²) in [6, 6.07) is 9.97. The minimum Gasteiger partial charge on any atom is -0.475 e. The van der Waals surface area contributed by atoms with Crippen LogP contribution in [-0.2, 0) is 17.8 Å². The quantitative estimate of drug-likeness (QED) is 0.818. The summed E-state index contributed by atoms with van der Waals surface area (Å²) in [5, 5.41) is 16.1. The molecule has 10 heteroatoms. The number of halogens is 3. The van der Waals surface area contributed by atoms with Gasteiger partial charge in [0.1, 0.15) is 0 Å². The van der Waals surface area contributed by atoms with E-state index in [4.69, 9.17) is 15.0 Å². The molecular weight excluding hydrogens is 343 g/mol. The van der Waals surface area contributed by atoms with E-state index in [1.54, 1.807) is 6.33 Å². The Bertz CT molecular complexity index is 759. The van der Waals surface area contributed by atoms with Crippen molar-refractivity contribution in [2.75, 3.05) is 6.54 Å². The van der Waals surface area contributed by atoms with Crippen LogP contribution in [0.5, 0.6) is 0 Å². The molecular formula is C15H14F3N3O4. The molecule has 0 bridgehead atoms. The number of aliphatic carboxylic acids is 1. The van der Waals surface area contributed by atoms with Gasteiger partial charge in [0, 0.05) is 24.3 Å². The van der Waals surface area contributed by atoms with E-state index >= 15 is 0 Å². The molecule has 7 nitrogen and oxygen atoms in total. The van der Waals surface area contributed by atoms with Gasteiger partial charge < -0.3 is 19.7 Å². The van der Waals surface area contributed by atoms with E-state index in [0.29, 0.717) is 19.5 Å². The Kier molecular flexibility index (Phi) is 5.30. The van der Waals surface area contributed by atoms with E-state index in [2.05, 4.69) is 4.98 Å². The van der Waals surface area contributed by atoms with Gasteiger partial charge in [-0.15, -0.1) is 0 Å². The van der Waals surface area contributed by atoms with Crippen molar-refractivity contribution in [2.45, 2.75) is 19.1 Å². The zero-order valence-corrected chi connectivity index (χ0v) is 12.8. The molecule has 0 aliphatic carbocycles. The number of hydrogen-bond donors (Lipinski definition) is 2. The maximum absolute atomic E-state index is 10.9. The van der Waals surface area contributed by atoms with Crippen LogP contribution < -0.4 is 0 Å². The van der Waals surface area contributed by atoms with Crippen molar-refractivity contribution in [1.82, 2.24) is 14.5 Å². The Balaban J connectivity index is 0.000000277. The zero-order chi connectivity index (χ0) is 18.6. The van der Waals surface area contributed by atoms with Crippen LogP contribution in [-0.4, -0.2) is 49.4 Å². The van der Waals surface area contributed by atoms with Crippen molar-refractivity contribution >= 4 is 12.1 Å². The van der Waals surface area contributed by atoms with Gasteiger partial charge in [-0.3, -0.25) is 0 Å². The number of hydrogen-bond acceptors (Lipinski definition) is 3. The summed E-state index contributed by atoms with van der Waals surface area (Å²) in [5.41, 5.74) is 3.03. The zero-order valence-electron chi connectivity index (χ0n) is 12.8. The van der Waals surface area contributed by atoms with Crippen LogP contribution in [0.15, 0.2) is 36.7 Å². The average molecular weight is 357 g/mol. The molecule has 2 heterocycles. The number of amides is 1. The lowest BCUT2D eigenvalue weighted by molar-refractivity contribution is -0.192. The number of carbonyl (C=O) groups is 2. The molecule has 0 fully saturated rings. The van der Waals surface area contributed by atoms with Gasteiger partial charge in [-0.25, -0.2) is 14.6 Å². The molecule has 0 saturated carbocycles. The molecule has 25 heavy (non-hydrogen) atoms. The lowest BCUT2D eigenvalue weighted by atomic mass is 10.1. The summed E-state index contributed by atoms with van der Waals surface area (Å²) in [6.07, 6.45) is -3.49. The molecule has 134 valence electrons. The number of carboxylic acid groups (broad SMARTS) is 2. The number of fused-ring (bicyclic) bond motifs is 1. The molecule has 0 unspecified atom stereocenters. The molecule has 1 aromatic carbocycles. The second-order valence-corrected chi connectivity index (χ2v) is 5.10. The maximum Gasteiger partial charge on any atom is 0.490 e. The van der Waals surface area contributed by atoms with E-state index in [1.165, 1.54) is 4.90 Å². The van der Waals surface area contributed by atoms with E-state index in [9.17, 15) is 18.0 Å². The predicted molar refractivity (Wildman–Crippen MR) is 79.4 cm³/mol. The van der Waals surface area contributed by atoms with Crippen LogP contribution in [0.3, 0.4) is 0 Å². The number of benzene rings is 1. The summed E-state index contributed by atoms with van der Waals surface area (Å²) >= 11 is 0. The van der Waals surface area contributed by atoms with Crippen LogP contribution in [0.2, 0.25) is 0 Å². The van der Waals surface area contributed by atoms with E-state index in [0.717, 1.165) is 17.1 Å². The van der Waals surface area contributed by atoms with E-state index in [1.807, 2.05) is 34.9 Å². The fourth-order valence-electron chi connectivity index (χ4n) is 2.28. The minimum atomic E-state index is -5.08. The third-order valence-corrected chi connectivity index (χ3v) is 3.46. The Morgan fingerprint density at radius 2 is 1.72 bits per heavy atom. The van der Waals surface area contributed by atoms with Gasteiger partial charge in [-0.2, -0.15) is 13.2 Å². The molecule has 0 saturated heterocycles. The smallest absolute Gasteiger partial charge is 0.475 e. The molecule has 2 N–H and O–H groups in total. The largest absolute Gasteiger partial charge is 0.490 e. The molecule has 0 atom stereocenters. The topological polar surface area (TPSA) is 95.7 Å². The first-order chi connectivity index (χ1) is 11.7. The first-order valence-corrected chi connectivity index (χ1v) is 7.08. The molecule has 0 spiro atoms. The second kappa shape index (κ2) is 7.24. The van der Waals surface area contributed by atoms with Gasteiger partial charge in [0.2, 0.25) is 0 Å². The highest BCUT2D eigenvalue weighted by Crippen LogP contribution is 2.21. The summed E-state index contributed by atoms with van der Waals surface area (Å²) in [7, 11) is 0.